The third-order valence-corrected chi connectivity index (χ3v) is 5.61. The van der Waals surface area contributed by atoms with Crippen molar-refractivity contribution >= 4 is 11.6 Å². The molecule has 32 heavy (non-hydrogen) atoms. The molecule has 0 N–H and O–H groups in total. The molecule has 2 fully saturated rings. The first kappa shape index (κ1) is 24.1. The standard InChI is InChI=1S/C20H22F6N4O2/c1-12(2)28-5-7-29(8-6-28)17(31)16-11-30(18(32-16)20(24,25)26)14-4-3-13(10-27)15(9-14)19(21,22)23/h3-4,9,12,16,18H,5-8,11H2,1-2H3/t16-,18+/m0/s1. The summed E-state index contributed by atoms with van der Waals surface area (Å²) in [5.74, 6) is -0.630. The van der Waals surface area contributed by atoms with Crippen LogP contribution in [0.5, 0.6) is 0 Å². The minimum Gasteiger partial charge on any atom is -0.338 e. The van der Waals surface area contributed by atoms with E-state index in [4.69, 9.17) is 10.00 Å². The molecule has 0 aliphatic carbocycles. The molecule has 2 aliphatic rings. The topological polar surface area (TPSA) is 59.8 Å². The molecule has 2 atom stereocenters. The highest BCUT2D eigenvalue weighted by atomic mass is 19.4. The van der Waals surface area contributed by atoms with Crippen LogP contribution < -0.4 is 4.90 Å². The van der Waals surface area contributed by atoms with E-state index < -0.39 is 54.0 Å². The van der Waals surface area contributed by atoms with E-state index in [0.717, 1.165) is 12.1 Å². The van der Waals surface area contributed by atoms with Crippen LogP contribution in [0.15, 0.2) is 18.2 Å². The lowest BCUT2D eigenvalue weighted by Gasteiger charge is -2.37. The van der Waals surface area contributed by atoms with Crippen LogP contribution in [0.1, 0.15) is 25.0 Å². The molecular weight excluding hydrogens is 442 g/mol. The molecule has 2 aliphatic heterocycles. The molecule has 0 radical (unpaired) electrons. The Balaban J connectivity index is 1.84. The first-order valence-corrected chi connectivity index (χ1v) is 9.96. The van der Waals surface area contributed by atoms with Gasteiger partial charge in [-0.05, 0) is 32.0 Å². The maximum atomic E-state index is 13.6. The van der Waals surface area contributed by atoms with E-state index >= 15 is 0 Å². The highest BCUT2D eigenvalue weighted by Gasteiger charge is 2.53. The summed E-state index contributed by atoms with van der Waals surface area (Å²) in [6.45, 7) is 5.20. The van der Waals surface area contributed by atoms with Gasteiger partial charge in [0.25, 0.3) is 5.91 Å². The minimum atomic E-state index is -4.95. The summed E-state index contributed by atoms with van der Waals surface area (Å²) in [6, 6.07) is 3.93. The number of alkyl halides is 6. The fraction of sp³-hybridized carbons (Fsp3) is 0.600. The summed E-state index contributed by atoms with van der Waals surface area (Å²) < 4.78 is 85.7. The van der Waals surface area contributed by atoms with Gasteiger partial charge in [0.1, 0.15) is 0 Å². The van der Waals surface area contributed by atoms with Gasteiger partial charge >= 0.3 is 12.4 Å². The van der Waals surface area contributed by atoms with Gasteiger partial charge in [-0.25, -0.2) is 0 Å². The Kier molecular flexibility index (Phi) is 6.62. The van der Waals surface area contributed by atoms with Crippen molar-refractivity contribution < 1.29 is 35.9 Å². The van der Waals surface area contributed by atoms with E-state index in [9.17, 15) is 31.1 Å². The summed E-state index contributed by atoms with van der Waals surface area (Å²) in [5, 5.41) is 8.91. The lowest BCUT2D eigenvalue weighted by molar-refractivity contribution is -0.215. The zero-order chi connectivity index (χ0) is 23.8. The van der Waals surface area contributed by atoms with Crippen LogP contribution in [0.3, 0.4) is 0 Å². The van der Waals surface area contributed by atoms with Crippen molar-refractivity contribution in [2.75, 3.05) is 37.6 Å². The molecule has 0 bridgehead atoms. The first-order chi connectivity index (χ1) is 14.8. The normalized spacial score (nSPS) is 23.0. The summed E-state index contributed by atoms with van der Waals surface area (Å²) >= 11 is 0. The SMILES string of the molecule is CC(C)N1CCN(C(=O)[C@@H]2CN(c3ccc(C#N)c(C(F)(F)F)c3)[C@@H](C(F)(F)F)O2)CC1. The van der Waals surface area contributed by atoms with Crippen molar-refractivity contribution in [1.82, 2.24) is 9.80 Å². The summed E-state index contributed by atoms with van der Waals surface area (Å²) in [5.41, 5.74) is -2.49. The van der Waals surface area contributed by atoms with Crippen LogP contribution in [-0.4, -0.2) is 73.0 Å². The zero-order valence-electron chi connectivity index (χ0n) is 17.4. The maximum Gasteiger partial charge on any atom is 0.433 e. The molecule has 2 saturated heterocycles. The second kappa shape index (κ2) is 8.78. The molecule has 1 amide bonds. The number of rotatable bonds is 3. The Morgan fingerprint density at radius 3 is 2.25 bits per heavy atom. The number of nitriles is 1. The van der Waals surface area contributed by atoms with Gasteiger partial charge in [-0.3, -0.25) is 9.69 Å². The molecule has 3 rings (SSSR count). The second-order valence-corrected chi connectivity index (χ2v) is 7.97. The maximum absolute atomic E-state index is 13.6. The number of nitrogens with zero attached hydrogens (tertiary/aromatic N) is 4. The lowest BCUT2D eigenvalue weighted by Crippen LogP contribution is -2.53. The predicted octanol–water partition coefficient (Wildman–Crippen LogP) is 3.22. The van der Waals surface area contributed by atoms with E-state index in [1.807, 2.05) is 13.8 Å². The lowest BCUT2D eigenvalue weighted by atomic mass is 10.1. The van der Waals surface area contributed by atoms with E-state index in [-0.39, 0.29) is 6.04 Å². The largest absolute Gasteiger partial charge is 0.433 e. The summed E-state index contributed by atoms with van der Waals surface area (Å²) in [6.07, 6.45) is -13.9. The van der Waals surface area contributed by atoms with Gasteiger partial charge < -0.3 is 14.5 Å². The smallest absolute Gasteiger partial charge is 0.338 e. The molecular formula is C20H22F6N4O2. The van der Waals surface area contributed by atoms with Crippen LogP contribution in [-0.2, 0) is 15.7 Å². The van der Waals surface area contributed by atoms with Crippen molar-refractivity contribution in [1.29, 1.82) is 5.26 Å². The first-order valence-electron chi connectivity index (χ1n) is 9.96. The number of carbonyl (C=O) groups excluding carboxylic acids is 1. The molecule has 1 aromatic rings. The number of carbonyl (C=O) groups is 1. The minimum absolute atomic E-state index is 0.263. The van der Waals surface area contributed by atoms with E-state index in [0.29, 0.717) is 37.1 Å². The average molecular weight is 464 g/mol. The summed E-state index contributed by atoms with van der Waals surface area (Å²) in [7, 11) is 0. The number of piperazine rings is 1. The fourth-order valence-corrected chi connectivity index (χ4v) is 3.88. The number of amides is 1. The molecule has 176 valence electrons. The number of halogens is 6. The molecule has 0 spiro atoms. The molecule has 0 aromatic heterocycles. The van der Waals surface area contributed by atoms with Crippen molar-refractivity contribution in [3.8, 4) is 6.07 Å². The van der Waals surface area contributed by atoms with Crippen LogP contribution in [0, 0.1) is 11.3 Å². The average Bonchev–Trinajstić information content (AvgIpc) is 3.18. The van der Waals surface area contributed by atoms with Gasteiger partial charge in [0, 0.05) is 37.9 Å². The quantitative estimate of drug-likeness (QED) is 0.643. The fourth-order valence-electron chi connectivity index (χ4n) is 3.88. The molecule has 0 saturated carbocycles. The van der Waals surface area contributed by atoms with Gasteiger partial charge in [0.05, 0.1) is 23.7 Å². The highest BCUT2D eigenvalue weighted by Crippen LogP contribution is 2.39. The van der Waals surface area contributed by atoms with Gasteiger partial charge in [0.2, 0.25) is 6.23 Å². The number of benzene rings is 1. The van der Waals surface area contributed by atoms with Crippen molar-refractivity contribution in [3.63, 3.8) is 0 Å². The molecule has 2 heterocycles. The van der Waals surface area contributed by atoms with Crippen molar-refractivity contribution in [3.05, 3.63) is 29.3 Å². The van der Waals surface area contributed by atoms with Gasteiger partial charge in [-0.2, -0.15) is 31.6 Å². The van der Waals surface area contributed by atoms with E-state index in [1.165, 1.54) is 11.0 Å². The van der Waals surface area contributed by atoms with E-state index in [2.05, 4.69) is 4.90 Å². The highest BCUT2D eigenvalue weighted by molar-refractivity contribution is 5.82. The Hall–Kier alpha value is -2.52. The third-order valence-electron chi connectivity index (χ3n) is 5.61. The van der Waals surface area contributed by atoms with Crippen molar-refractivity contribution in [2.24, 2.45) is 0 Å². The van der Waals surface area contributed by atoms with Crippen LogP contribution in [0.4, 0.5) is 32.0 Å². The van der Waals surface area contributed by atoms with Crippen LogP contribution in [0.25, 0.3) is 0 Å². The molecule has 12 heteroatoms. The molecule has 1 aromatic carbocycles. The molecule has 0 unspecified atom stereocenters. The Morgan fingerprint density at radius 2 is 1.75 bits per heavy atom. The third kappa shape index (κ3) is 4.94. The van der Waals surface area contributed by atoms with Crippen molar-refractivity contribution in [2.45, 2.75) is 44.6 Å². The van der Waals surface area contributed by atoms with Gasteiger partial charge in [-0.15, -0.1) is 0 Å². The Bertz CT molecular complexity index is 888. The monoisotopic (exact) mass is 464 g/mol. The van der Waals surface area contributed by atoms with Gasteiger partial charge in [-0.1, -0.05) is 0 Å². The van der Waals surface area contributed by atoms with Crippen LogP contribution >= 0.6 is 0 Å². The Labute approximate surface area is 180 Å². The van der Waals surface area contributed by atoms with Gasteiger partial charge in [0.15, 0.2) is 6.10 Å². The predicted molar refractivity (Wildman–Crippen MR) is 102 cm³/mol. The Morgan fingerprint density at radius 1 is 1.12 bits per heavy atom. The zero-order valence-corrected chi connectivity index (χ0v) is 17.4. The van der Waals surface area contributed by atoms with Crippen LogP contribution in [0.2, 0.25) is 0 Å². The molecule has 6 nitrogen and oxygen atoms in total. The second-order valence-electron chi connectivity index (χ2n) is 7.97. The number of hydrogen-bond acceptors (Lipinski definition) is 5. The number of ether oxygens (including phenoxy) is 1. The summed E-state index contributed by atoms with van der Waals surface area (Å²) in [4.78, 5) is 16.9. The van der Waals surface area contributed by atoms with E-state index in [1.54, 1.807) is 0 Å². The number of hydrogen-bond donors (Lipinski definition) is 0. The number of anilines is 1.